The maximum absolute atomic E-state index is 5.54. The minimum atomic E-state index is 0.439. The summed E-state index contributed by atoms with van der Waals surface area (Å²) in [5, 5.41) is 11.0. The average Bonchev–Trinajstić information content (AvgIpc) is 2.87. The highest BCUT2D eigenvalue weighted by Crippen LogP contribution is 2.22. The van der Waals surface area contributed by atoms with Gasteiger partial charge in [0.15, 0.2) is 0 Å². The van der Waals surface area contributed by atoms with Gasteiger partial charge in [0.05, 0.1) is 13.0 Å². The second-order valence-corrected chi connectivity index (χ2v) is 4.76. The lowest BCUT2D eigenvalue weighted by Crippen LogP contribution is -2.07. The highest BCUT2D eigenvalue weighted by molar-refractivity contribution is 7.98. The molecule has 0 fully saturated rings. The van der Waals surface area contributed by atoms with Crippen molar-refractivity contribution in [2.75, 3.05) is 31.8 Å². The number of rotatable bonds is 7. The maximum atomic E-state index is 5.54. The fourth-order valence-corrected chi connectivity index (χ4v) is 2.29. The average molecular weight is 279 g/mol. The second kappa shape index (κ2) is 7.16. The van der Waals surface area contributed by atoms with Crippen molar-refractivity contribution in [2.24, 2.45) is 0 Å². The first-order chi connectivity index (χ1) is 9.33. The molecule has 1 aromatic carbocycles. The van der Waals surface area contributed by atoms with Crippen LogP contribution in [0.5, 0.6) is 0 Å². The minimum absolute atomic E-state index is 0.439. The molecule has 5 nitrogen and oxygen atoms in total. The van der Waals surface area contributed by atoms with Crippen molar-refractivity contribution >= 4 is 17.8 Å². The van der Waals surface area contributed by atoms with E-state index in [4.69, 9.17) is 9.15 Å². The maximum Gasteiger partial charge on any atom is 0.315 e. The fraction of sp³-hybridized carbons (Fsp3) is 0.385. The van der Waals surface area contributed by atoms with Gasteiger partial charge in [-0.1, -0.05) is 23.3 Å². The molecule has 0 unspecified atom stereocenters. The van der Waals surface area contributed by atoms with Crippen LogP contribution in [-0.4, -0.2) is 36.7 Å². The van der Waals surface area contributed by atoms with E-state index in [1.165, 1.54) is 10.5 Å². The van der Waals surface area contributed by atoms with Gasteiger partial charge in [-0.2, -0.15) is 0 Å². The van der Waals surface area contributed by atoms with E-state index < -0.39 is 0 Å². The van der Waals surface area contributed by atoms with Gasteiger partial charge < -0.3 is 14.5 Å². The number of benzene rings is 1. The lowest BCUT2D eigenvalue weighted by Gasteiger charge is -2.03. The van der Waals surface area contributed by atoms with Gasteiger partial charge in [0.1, 0.15) is 0 Å². The normalized spacial score (nSPS) is 10.6. The summed E-state index contributed by atoms with van der Waals surface area (Å²) in [6.45, 7) is 1.26. The molecule has 0 saturated heterocycles. The van der Waals surface area contributed by atoms with Gasteiger partial charge in [0, 0.05) is 18.6 Å². The number of nitrogens with zero attached hydrogens (tertiary/aromatic N) is 2. The minimum Gasteiger partial charge on any atom is -0.408 e. The number of methoxy groups -OCH3 is 1. The van der Waals surface area contributed by atoms with Crippen LogP contribution in [0.3, 0.4) is 0 Å². The van der Waals surface area contributed by atoms with Crippen molar-refractivity contribution in [3.63, 3.8) is 0 Å². The molecule has 0 aliphatic heterocycles. The van der Waals surface area contributed by atoms with Crippen molar-refractivity contribution in [3.05, 3.63) is 35.7 Å². The summed E-state index contributed by atoms with van der Waals surface area (Å²) >= 11 is 1.72. The van der Waals surface area contributed by atoms with Crippen LogP contribution in [0.25, 0.3) is 0 Å². The van der Waals surface area contributed by atoms with E-state index in [2.05, 4.69) is 33.9 Å². The van der Waals surface area contributed by atoms with Crippen LogP contribution < -0.4 is 5.32 Å². The summed E-state index contributed by atoms with van der Waals surface area (Å²) in [6, 6.07) is 8.65. The van der Waals surface area contributed by atoms with Crippen molar-refractivity contribution in [3.8, 4) is 0 Å². The van der Waals surface area contributed by atoms with Crippen LogP contribution in [-0.2, 0) is 11.2 Å². The molecule has 19 heavy (non-hydrogen) atoms. The molecule has 0 spiro atoms. The van der Waals surface area contributed by atoms with Crippen molar-refractivity contribution in [1.82, 2.24) is 10.2 Å². The Kier molecular flexibility index (Phi) is 5.23. The molecule has 0 saturated carbocycles. The quantitative estimate of drug-likeness (QED) is 0.620. The highest BCUT2D eigenvalue weighted by atomic mass is 32.2. The van der Waals surface area contributed by atoms with Gasteiger partial charge in [-0.3, -0.25) is 0 Å². The zero-order valence-electron chi connectivity index (χ0n) is 11.0. The summed E-state index contributed by atoms with van der Waals surface area (Å²) in [6.07, 6.45) is 2.71. The predicted octanol–water partition coefficient (Wildman–Crippen LogP) is 2.44. The summed E-state index contributed by atoms with van der Waals surface area (Å²) in [4.78, 5) is 1.23. The van der Waals surface area contributed by atoms with Crippen LogP contribution in [0, 0.1) is 0 Å². The third kappa shape index (κ3) is 3.97. The molecular weight excluding hydrogens is 262 g/mol. The van der Waals surface area contributed by atoms with E-state index in [9.17, 15) is 0 Å². The molecule has 0 amide bonds. The second-order valence-electron chi connectivity index (χ2n) is 3.91. The Morgan fingerprint density at radius 1 is 1.32 bits per heavy atom. The molecule has 1 aromatic heterocycles. The molecule has 102 valence electrons. The number of ether oxygens (including phenoxy) is 1. The van der Waals surface area contributed by atoms with E-state index in [1.807, 2.05) is 12.1 Å². The van der Waals surface area contributed by atoms with Crippen LogP contribution in [0.1, 0.15) is 11.5 Å². The third-order valence-corrected chi connectivity index (χ3v) is 3.42. The lowest BCUT2D eigenvalue weighted by atomic mass is 10.1. The molecular formula is C13H17N3O2S. The van der Waals surface area contributed by atoms with Crippen molar-refractivity contribution < 1.29 is 9.15 Å². The number of hydrogen-bond acceptors (Lipinski definition) is 6. The Hall–Kier alpha value is -1.53. The molecule has 2 aromatic rings. The van der Waals surface area contributed by atoms with Gasteiger partial charge in [0.2, 0.25) is 5.89 Å². The molecule has 1 heterocycles. The molecule has 0 radical (unpaired) electrons. The summed E-state index contributed by atoms with van der Waals surface area (Å²) in [5.41, 5.74) is 1.20. The summed E-state index contributed by atoms with van der Waals surface area (Å²) in [7, 11) is 1.65. The van der Waals surface area contributed by atoms with E-state index in [0.29, 0.717) is 31.5 Å². The number of anilines is 1. The van der Waals surface area contributed by atoms with Crippen LogP contribution in [0.4, 0.5) is 6.01 Å². The zero-order chi connectivity index (χ0) is 13.5. The lowest BCUT2D eigenvalue weighted by molar-refractivity contribution is 0.210. The number of nitrogens with one attached hydrogen (secondary N) is 1. The predicted molar refractivity (Wildman–Crippen MR) is 75.7 cm³/mol. The smallest absolute Gasteiger partial charge is 0.315 e. The van der Waals surface area contributed by atoms with Gasteiger partial charge in [-0.15, -0.1) is 16.9 Å². The molecule has 0 aliphatic rings. The van der Waals surface area contributed by atoms with Gasteiger partial charge in [-0.05, 0) is 17.9 Å². The first kappa shape index (κ1) is 13.9. The van der Waals surface area contributed by atoms with E-state index in [0.717, 1.165) is 0 Å². The number of aromatic nitrogens is 2. The Labute approximate surface area is 116 Å². The van der Waals surface area contributed by atoms with Crippen LogP contribution >= 0.6 is 11.8 Å². The highest BCUT2D eigenvalue weighted by Gasteiger charge is 2.08. The molecule has 2 rings (SSSR count). The standard InChI is InChI=1S/C13H17N3O2S/c1-17-8-7-14-13-16-15-12(18-13)9-10-5-3-4-6-11(10)19-2/h3-6H,7-9H2,1-2H3,(H,14,16). The van der Waals surface area contributed by atoms with E-state index in [1.54, 1.807) is 18.9 Å². The van der Waals surface area contributed by atoms with E-state index in [-0.39, 0.29) is 0 Å². The summed E-state index contributed by atoms with van der Waals surface area (Å²) in [5.74, 6) is 0.612. The Balaban J connectivity index is 1.99. The number of hydrogen-bond donors (Lipinski definition) is 1. The SMILES string of the molecule is COCCNc1nnc(Cc2ccccc2SC)o1. The van der Waals surface area contributed by atoms with Gasteiger partial charge >= 0.3 is 6.01 Å². The first-order valence-electron chi connectivity index (χ1n) is 6.00. The molecule has 0 bridgehead atoms. The molecule has 0 aliphatic carbocycles. The monoisotopic (exact) mass is 279 g/mol. The van der Waals surface area contributed by atoms with Crippen molar-refractivity contribution in [1.29, 1.82) is 0 Å². The largest absolute Gasteiger partial charge is 0.408 e. The molecule has 0 atom stereocenters. The number of thioether (sulfide) groups is 1. The fourth-order valence-electron chi connectivity index (χ4n) is 1.67. The van der Waals surface area contributed by atoms with Crippen molar-refractivity contribution in [2.45, 2.75) is 11.3 Å². The zero-order valence-corrected chi connectivity index (χ0v) is 11.9. The summed E-state index contributed by atoms with van der Waals surface area (Å²) < 4.78 is 10.5. The Morgan fingerprint density at radius 3 is 2.95 bits per heavy atom. The molecule has 1 N–H and O–H groups in total. The van der Waals surface area contributed by atoms with Crippen LogP contribution in [0.2, 0.25) is 0 Å². The third-order valence-electron chi connectivity index (χ3n) is 2.58. The first-order valence-corrected chi connectivity index (χ1v) is 7.23. The molecule has 6 heteroatoms. The Bertz CT molecular complexity index is 516. The van der Waals surface area contributed by atoms with Gasteiger partial charge in [-0.25, -0.2) is 0 Å². The van der Waals surface area contributed by atoms with Gasteiger partial charge in [0.25, 0.3) is 0 Å². The Morgan fingerprint density at radius 2 is 2.16 bits per heavy atom. The topological polar surface area (TPSA) is 60.2 Å². The van der Waals surface area contributed by atoms with E-state index >= 15 is 0 Å². The van der Waals surface area contributed by atoms with Crippen LogP contribution in [0.15, 0.2) is 33.6 Å².